The number of amides is 1. The first kappa shape index (κ1) is 23.8. The Morgan fingerprint density at radius 3 is 2.38 bits per heavy atom. The fourth-order valence-corrected chi connectivity index (χ4v) is 4.32. The highest BCUT2D eigenvalue weighted by Crippen LogP contribution is 2.28. The predicted octanol–water partition coefficient (Wildman–Crippen LogP) is 3.67. The summed E-state index contributed by atoms with van der Waals surface area (Å²) in [5.41, 5.74) is 8.04. The molecule has 2 aromatic rings. The maximum Gasteiger partial charge on any atom is 0.304 e. The average molecular weight is 439 g/mol. The minimum Gasteiger partial charge on any atom is -0.491 e. The standard InChI is InChI=1S/C26H34N2O4/c27-15-5-4-9-21-11-13-24(14-12-21)32-19-23-17-22(18-25(29)30)26(31)28(23)16-6-10-20-7-2-1-3-8-20/h1-3,7-8,11-14,22-23H,4-6,9-10,15-19,27H2,(H,29,30)/t22-,23-/m0/s1. The van der Waals surface area contributed by atoms with E-state index in [9.17, 15) is 14.7 Å². The molecule has 3 N–H and O–H groups in total. The van der Waals surface area contributed by atoms with Gasteiger partial charge in [0.05, 0.1) is 18.4 Å². The summed E-state index contributed by atoms with van der Waals surface area (Å²) >= 11 is 0. The number of carbonyl (C=O) groups excluding carboxylic acids is 1. The van der Waals surface area contributed by atoms with E-state index in [0.29, 0.717) is 26.1 Å². The molecule has 6 heteroatoms. The zero-order chi connectivity index (χ0) is 22.8. The van der Waals surface area contributed by atoms with Crippen LogP contribution in [0.25, 0.3) is 0 Å². The summed E-state index contributed by atoms with van der Waals surface area (Å²) in [6.45, 7) is 1.70. The van der Waals surface area contributed by atoms with Crippen LogP contribution in [0.5, 0.6) is 5.75 Å². The maximum atomic E-state index is 12.9. The lowest BCUT2D eigenvalue weighted by molar-refractivity contribution is -0.142. The summed E-state index contributed by atoms with van der Waals surface area (Å²) in [5.74, 6) is -0.697. The Kier molecular flexibility index (Phi) is 9.11. The van der Waals surface area contributed by atoms with Crippen LogP contribution in [0, 0.1) is 5.92 Å². The van der Waals surface area contributed by atoms with Gasteiger partial charge in [0.1, 0.15) is 12.4 Å². The summed E-state index contributed by atoms with van der Waals surface area (Å²) in [7, 11) is 0. The smallest absolute Gasteiger partial charge is 0.304 e. The van der Waals surface area contributed by atoms with E-state index in [-0.39, 0.29) is 18.4 Å². The Hall–Kier alpha value is -2.86. The van der Waals surface area contributed by atoms with E-state index >= 15 is 0 Å². The summed E-state index contributed by atoms with van der Waals surface area (Å²) < 4.78 is 6.01. The molecule has 1 heterocycles. The van der Waals surface area contributed by atoms with Crippen molar-refractivity contribution in [1.82, 2.24) is 4.90 Å². The number of hydrogen-bond donors (Lipinski definition) is 2. The summed E-state index contributed by atoms with van der Waals surface area (Å²) in [6, 6.07) is 18.1. The summed E-state index contributed by atoms with van der Waals surface area (Å²) in [4.78, 5) is 25.9. The highest BCUT2D eigenvalue weighted by Gasteiger charge is 2.40. The monoisotopic (exact) mass is 438 g/mol. The number of benzene rings is 2. The lowest BCUT2D eigenvalue weighted by Gasteiger charge is -2.25. The summed E-state index contributed by atoms with van der Waals surface area (Å²) in [5, 5.41) is 9.19. The van der Waals surface area contributed by atoms with Crippen molar-refractivity contribution in [1.29, 1.82) is 0 Å². The average Bonchev–Trinajstić information content (AvgIpc) is 3.08. The lowest BCUT2D eigenvalue weighted by atomic mass is 10.0. The van der Waals surface area contributed by atoms with Gasteiger partial charge in [-0.25, -0.2) is 0 Å². The minimum absolute atomic E-state index is 0.0655. The molecule has 32 heavy (non-hydrogen) atoms. The second kappa shape index (κ2) is 12.2. The molecule has 172 valence electrons. The topological polar surface area (TPSA) is 92.9 Å². The Bertz CT molecular complexity index is 854. The molecule has 1 amide bonds. The maximum absolute atomic E-state index is 12.9. The molecule has 0 radical (unpaired) electrons. The molecule has 0 unspecified atom stereocenters. The van der Waals surface area contributed by atoms with Crippen LogP contribution in [0.4, 0.5) is 0 Å². The summed E-state index contributed by atoms with van der Waals surface area (Å²) in [6.07, 6.45) is 5.21. The van der Waals surface area contributed by atoms with Crippen LogP contribution in [-0.4, -0.2) is 47.6 Å². The predicted molar refractivity (Wildman–Crippen MR) is 125 cm³/mol. The van der Waals surface area contributed by atoms with Gasteiger partial charge in [0, 0.05) is 6.54 Å². The van der Waals surface area contributed by atoms with E-state index < -0.39 is 11.9 Å². The van der Waals surface area contributed by atoms with E-state index in [2.05, 4.69) is 24.3 Å². The van der Waals surface area contributed by atoms with Gasteiger partial charge in [0.25, 0.3) is 0 Å². The van der Waals surface area contributed by atoms with Crippen molar-refractivity contribution in [3.63, 3.8) is 0 Å². The molecule has 0 saturated carbocycles. The molecule has 1 aliphatic heterocycles. The number of aryl methyl sites for hydroxylation is 2. The molecule has 1 saturated heterocycles. The van der Waals surface area contributed by atoms with Gasteiger partial charge in [0.2, 0.25) is 5.91 Å². The normalized spacial score (nSPS) is 18.2. The number of ether oxygens (including phenoxy) is 1. The molecule has 0 spiro atoms. The third-order valence-electron chi connectivity index (χ3n) is 6.04. The van der Waals surface area contributed by atoms with Crippen LogP contribution in [0.1, 0.15) is 43.2 Å². The van der Waals surface area contributed by atoms with E-state index in [1.165, 1.54) is 11.1 Å². The quantitative estimate of drug-likeness (QED) is 0.466. The largest absolute Gasteiger partial charge is 0.491 e. The number of likely N-dealkylation sites (tertiary alicyclic amines) is 1. The van der Waals surface area contributed by atoms with Gasteiger partial charge in [-0.05, 0) is 68.3 Å². The van der Waals surface area contributed by atoms with Crippen molar-refractivity contribution < 1.29 is 19.4 Å². The van der Waals surface area contributed by atoms with Crippen molar-refractivity contribution >= 4 is 11.9 Å². The van der Waals surface area contributed by atoms with Crippen LogP contribution >= 0.6 is 0 Å². The molecule has 0 bridgehead atoms. The first-order valence-corrected chi connectivity index (χ1v) is 11.5. The van der Waals surface area contributed by atoms with Gasteiger partial charge in [-0.3, -0.25) is 9.59 Å². The number of carboxylic acids is 1. The van der Waals surface area contributed by atoms with Crippen molar-refractivity contribution in [2.24, 2.45) is 11.7 Å². The van der Waals surface area contributed by atoms with Gasteiger partial charge >= 0.3 is 5.97 Å². The number of rotatable bonds is 13. The molecule has 1 fully saturated rings. The van der Waals surface area contributed by atoms with E-state index in [4.69, 9.17) is 10.5 Å². The Balaban J connectivity index is 1.56. The fourth-order valence-electron chi connectivity index (χ4n) is 4.32. The molecule has 1 aliphatic rings. The molecule has 6 nitrogen and oxygen atoms in total. The molecule has 2 atom stereocenters. The minimum atomic E-state index is -0.931. The van der Waals surface area contributed by atoms with Crippen LogP contribution in [0.3, 0.4) is 0 Å². The highest BCUT2D eigenvalue weighted by atomic mass is 16.5. The number of aliphatic carboxylic acids is 1. The number of nitrogens with zero attached hydrogens (tertiary/aromatic N) is 1. The van der Waals surface area contributed by atoms with Gasteiger partial charge in [-0.2, -0.15) is 0 Å². The van der Waals surface area contributed by atoms with Gasteiger partial charge in [-0.15, -0.1) is 0 Å². The van der Waals surface area contributed by atoms with Gasteiger partial charge in [0.15, 0.2) is 0 Å². The number of nitrogens with two attached hydrogens (primary N) is 1. The zero-order valence-electron chi connectivity index (χ0n) is 18.6. The molecular weight excluding hydrogens is 404 g/mol. The fraction of sp³-hybridized carbons (Fsp3) is 0.462. The third-order valence-corrected chi connectivity index (χ3v) is 6.04. The van der Waals surface area contributed by atoms with Crippen molar-refractivity contribution in [2.75, 3.05) is 19.7 Å². The molecule has 0 aromatic heterocycles. The number of unbranched alkanes of at least 4 members (excludes halogenated alkanes) is 1. The molecule has 2 aromatic carbocycles. The zero-order valence-corrected chi connectivity index (χ0v) is 18.6. The first-order chi connectivity index (χ1) is 15.6. The second-order valence-corrected chi connectivity index (χ2v) is 8.51. The second-order valence-electron chi connectivity index (χ2n) is 8.51. The van der Waals surface area contributed by atoms with Crippen molar-refractivity contribution in [3.8, 4) is 5.75 Å². The Labute approximate surface area is 190 Å². The SMILES string of the molecule is NCCCCc1ccc(OC[C@@H]2C[C@@H](CC(=O)O)C(=O)N2CCCc2ccccc2)cc1. The van der Waals surface area contributed by atoms with Crippen molar-refractivity contribution in [2.45, 2.75) is 51.0 Å². The molecular formula is C26H34N2O4. The molecule has 0 aliphatic carbocycles. The van der Waals surface area contributed by atoms with E-state index in [0.717, 1.165) is 37.9 Å². The van der Waals surface area contributed by atoms with Crippen LogP contribution in [0.15, 0.2) is 54.6 Å². The first-order valence-electron chi connectivity index (χ1n) is 11.5. The number of carboxylic acid groups (broad SMARTS) is 1. The number of hydrogen-bond acceptors (Lipinski definition) is 4. The highest BCUT2D eigenvalue weighted by molar-refractivity contribution is 5.85. The van der Waals surface area contributed by atoms with Crippen molar-refractivity contribution in [3.05, 3.63) is 65.7 Å². The lowest BCUT2D eigenvalue weighted by Crippen LogP contribution is -2.38. The van der Waals surface area contributed by atoms with Crippen LogP contribution in [-0.2, 0) is 22.4 Å². The molecule has 3 rings (SSSR count). The van der Waals surface area contributed by atoms with Crippen LogP contribution < -0.4 is 10.5 Å². The van der Waals surface area contributed by atoms with Gasteiger partial charge in [-0.1, -0.05) is 42.5 Å². The number of carbonyl (C=O) groups is 2. The Morgan fingerprint density at radius 1 is 1.00 bits per heavy atom. The van der Waals surface area contributed by atoms with Crippen LogP contribution in [0.2, 0.25) is 0 Å². The third kappa shape index (κ3) is 7.09. The Morgan fingerprint density at radius 2 is 1.69 bits per heavy atom. The van der Waals surface area contributed by atoms with E-state index in [1.807, 2.05) is 35.2 Å². The van der Waals surface area contributed by atoms with E-state index in [1.54, 1.807) is 0 Å². The van der Waals surface area contributed by atoms with Gasteiger partial charge < -0.3 is 20.5 Å².